The predicted octanol–water partition coefficient (Wildman–Crippen LogP) is 3.08. The first-order chi connectivity index (χ1) is 8.08. The SMILES string of the molecule is COc1ccc(Cl)cc1CN(C)C(C)CC#N. The first-order valence-electron chi connectivity index (χ1n) is 5.48. The van der Waals surface area contributed by atoms with E-state index in [0.29, 0.717) is 18.0 Å². The Balaban J connectivity index is 2.80. The number of benzene rings is 1. The molecule has 0 amide bonds. The van der Waals surface area contributed by atoms with Crippen LogP contribution in [0, 0.1) is 11.3 Å². The lowest BCUT2D eigenvalue weighted by atomic mass is 10.1. The van der Waals surface area contributed by atoms with Gasteiger partial charge < -0.3 is 4.74 Å². The third-order valence-corrected chi connectivity index (χ3v) is 3.04. The molecule has 0 aliphatic rings. The van der Waals surface area contributed by atoms with E-state index in [-0.39, 0.29) is 6.04 Å². The summed E-state index contributed by atoms with van der Waals surface area (Å²) in [6.45, 7) is 2.74. The summed E-state index contributed by atoms with van der Waals surface area (Å²) in [5.41, 5.74) is 1.03. The van der Waals surface area contributed by atoms with Gasteiger partial charge in [-0.25, -0.2) is 0 Å². The van der Waals surface area contributed by atoms with Crippen molar-refractivity contribution in [3.8, 4) is 11.8 Å². The zero-order valence-electron chi connectivity index (χ0n) is 10.4. The quantitative estimate of drug-likeness (QED) is 0.808. The van der Waals surface area contributed by atoms with Crippen LogP contribution in [0.3, 0.4) is 0 Å². The molecule has 0 aliphatic heterocycles. The molecule has 3 nitrogen and oxygen atoms in total. The number of halogens is 1. The topological polar surface area (TPSA) is 36.3 Å². The van der Waals surface area contributed by atoms with Crippen molar-refractivity contribution in [1.82, 2.24) is 4.90 Å². The van der Waals surface area contributed by atoms with Gasteiger partial charge in [0.2, 0.25) is 0 Å². The van der Waals surface area contributed by atoms with Gasteiger partial charge in [0.15, 0.2) is 0 Å². The lowest BCUT2D eigenvalue weighted by Gasteiger charge is -2.23. The number of ether oxygens (including phenoxy) is 1. The summed E-state index contributed by atoms with van der Waals surface area (Å²) in [7, 11) is 3.63. The van der Waals surface area contributed by atoms with Crippen LogP contribution < -0.4 is 4.74 Å². The van der Waals surface area contributed by atoms with Crippen molar-refractivity contribution in [2.75, 3.05) is 14.2 Å². The summed E-state index contributed by atoms with van der Waals surface area (Å²) in [5.74, 6) is 0.824. The summed E-state index contributed by atoms with van der Waals surface area (Å²) >= 11 is 5.97. The normalized spacial score (nSPS) is 12.2. The van der Waals surface area contributed by atoms with E-state index in [1.807, 2.05) is 32.2 Å². The van der Waals surface area contributed by atoms with Gasteiger partial charge in [-0.05, 0) is 32.2 Å². The van der Waals surface area contributed by atoms with Gasteiger partial charge in [0.05, 0.1) is 19.6 Å². The summed E-state index contributed by atoms with van der Waals surface area (Å²) in [4.78, 5) is 2.11. The molecule has 17 heavy (non-hydrogen) atoms. The van der Waals surface area contributed by atoms with Gasteiger partial charge in [-0.1, -0.05) is 11.6 Å². The molecule has 1 aromatic rings. The summed E-state index contributed by atoms with van der Waals surface area (Å²) in [6, 6.07) is 7.96. The van der Waals surface area contributed by atoms with Crippen molar-refractivity contribution in [2.45, 2.75) is 25.9 Å². The van der Waals surface area contributed by atoms with Gasteiger partial charge in [-0.2, -0.15) is 5.26 Å². The van der Waals surface area contributed by atoms with Gasteiger partial charge in [-0.3, -0.25) is 4.90 Å². The van der Waals surface area contributed by atoms with Crippen molar-refractivity contribution in [1.29, 1.82) is 5.26 Å². The first kappa shape index (κ1) is 13.8. The zero-order valence-corrected chi connectivity index (χ0v) is 11.2. The van der Waals surface area contributed by atoms with E-state index in [1.54, 1.807) is 7.11 Å². The molecule has 0 bridgehead atoms. The highest BCUT2D eigenvalue weighted by atomic mass is 35.5. The monoisotopic (exact) mass is 252 g/mol. The Morgan fingerprint density at radius 2 is 2.24 bits per heavy atom. The summed E-state index contributed by atoms with van der Waals surface area (Å²) in [5, 5.41) is 9.37. The molecule has 0 spiro atoms. The molecule has 1 rings (SSSR count). The second-order valence-corrected chi connectivity index (χ2v) is 4.52. The number of hydrogen-bond donors (Lipinski definition) is 0. The van der Waals surface area contributed by atoms with E-state index in [9.17, 15) is 0 Å². The maximum absolute atomic E-state index is 8.67. The highest BCUT2D eigenvalue weighted by molar-refractivity contribution is 6.30. The molecule has 0 N–H and O–H groups in total. The van der Waals surface area contributed by atoms with Crippen LogP contribution in [0.25, 0.3) is 0 Å². The fraction of sp³-hybridized carbons (Fsp3) is 0.462. The summed E-state index contributed by atoms with van der Waals surface area (Å²) < 4.78 is 5.29. The van der Waals surface area contributed by atoms with Crippen LogP contribution >= 0.6 is 11.6 Å². The molecule has 1 unspecified atom stereocenters. The molecule has 0 saturated carbocycles. The standard InChI is InChI=1S/C13H17ClN2O/c1-10(6-7-15)16(2)9-11-8-12(14)4-5-13(11)17-3/h4-5,8,10H,6,9H2,1-3H3. The maximum Gasteiger partial charge on any atom is 0.123 e. The van der Waals surface area contributed by atoms with Gasteiger partial charge in [0, 0.05) is 23.2 Å². The number of hydrogen-bond acceptors (Lipinski definition) is 3. The van der Waals surface area contributed by atoms with E-state index < -0.39 is 0 Å². The Kier molecular flexibility index (Phi) is 5.27. The molecule has 92 valence electrons. The smallest absolute Gasteiger partial charge is 0.123 e. The Hall–Kier alpha value is -1.24. The van der Waals surface area contributed by atoms with Crippen molar-refractivity contribution in [3.05, 3.63) is 28.8 Å². The van der Waals surface area contributed by atoms with E-state index >= 15 is 0 Å². The molecule has 1 aromatic carbocycles. The Bertz CT molecular complexity index is 414. The highest BCUT2D eigenvalue weighted by Crippen LogP contribution is 2.24. The zero-order chi connectivity index (χ0) is 12.8. The first-order valence-corrected chi connectivity index (χ1v) is 5.86. The van der Waals surface area contributed by atoms with Gasteiger partial charge in [0.25, 0.3) is 0 Å². The number of methoxy groups -OCH3 is 1. The molecular weight excluding hydrogens is 236 g/mol. The Labute approximate surface area is 108 Å². The number of rotatable bonds is 5. The molecule has 0 heterocycles. The molecule has 4 heteroatoms. The molecule has 0 saturated heterocycles. The van der Waals surface area contributed by atoms with Crippen molar-refractivity contribution < 1.29 is 4.74 Å². The van der Waals surface area contributed by atoms with Crippen LogP contribution in [0.5, 0.6) is 5.75 Å². The second kappa shape index (κ2) is 6.48. The lowest BCUT2D eigenvalue weighted by Crippen LogP contribution is -2.28. The average molecular weight is 253 g/mol. The van der Waals surface area contributed by atoms with E-state index in [1.165, 1.54) is 0 Å². The van der Waals surface area contributed by atoms with Crippen LogP contribution in [0.2, 0.25) is 5.02 Å². The number of nitriles is 1. The average Bonchev–Trinajstić information content (AvgIpc) is 2.29. The highest BCUT2D eigenvalue weighted by Gasteiger charge is 2.12. The van der Waals surface area contributed by atoms with Crippen molar-refractivity contribution >= 4 is 11.6 Å². The minimum atomic E-state index is 0.212. The third-order valence-electron chi connectivity index (χ3n) is 2.80. The molecule has 0 radical (unpaired) electrons. The van der Waals surface area contributed by atoms with E-state index in [4.69, 9.17) is 21.6 Å². The molecule has 0 aliphatic carbocycles. The van der Waals surface area contributed by atoms with Crippen LogP contribution in [0.15, 0.2) is 18.2 Å². The molecule has 1 atom stereocenters. The van der Waals surface area contributed by atoms with Gasteiger partial charge in [-0.15, -0.1) is 0 Å². The van der Waals surface area contributed by atoms with Crippen LogP contribution in [0.1, 0.15) is 18.9 Å². The lowest BCUT2D eigenvalue weighted by molar-refractivity contribution is 0.248. The fourth-order valence-corrected chi connectivity index (χ4v) is 1.78. The second-order valence-electron chi connectivity index (χ2n) is 4.08. The fourth-order valence-electron chi connectivity index (χ4n) is 1.58. The van der Waals surface area contributed by atoms with Crippen molar-refractivity contribution in [3.63, 3.8) is 0 Å². The minimum Gasteiger partial charge on any atom is -0.496 e. The van der Waals surface area contributed by atoms with E-state index in [0.717, 1.165) is 11.3 Å². The molecule has 0 fully saturated rings. The van der Waals surface area contributed by atoms with Gasteiger partial charge in [0.1, 0.15) is 5.75 Å². The molecule has 0 aromatic heterocycles. The Morgan fingerprint density at radius 3 is 2.82 bits per heavy atom. The Morgan fingerprint density at radius 1 is 1.53 bits per heavy atom. The van der Waals surface area contributed by atoms with Crippen LogP contribution in [-0.4, -0.2) is 25.1 Å². The maximum atomic E-state index is 8.67. The minimum absolute atomic E-state index is 0.212. The van der Waals surface area contributed by atoms with Crippen LogP contribution in [-0.2, 0) is 6.54 Å². The van der Waals surface area contributed by atoms with Crippen LogP contribution in [0.4, 0.5) is 0 Å². The number of nitrogens with zero attached hydrogens (tertiary/aromatic N) is 2. The largest absolute Gasteiger partial charge is 0.496 e. The summed E-state index contributed by atoms with van der Waals surface area (Å²) in [6.07, 6.45) is 0.513. The molecular formula is C13H17ClN2O. The third kappa shape index (κ3) is 3.92. The predicted molar refractivity (Wildman–Crippen MR) is 69.2 cm³/mol. The van der Waals surface area contributed by atoms with Gasteiger partial charge >= 0.3 is 0 Å². The van der Waals surface area contributed by atoms with E-state index in [2.05, 4.69) is 11.0 Å². The van der Waals surface area contributed by atoms with Crippen molar-refractivity contribution in [2.24, 2.45) is 0 Å².